The van der Waals surface area contributed by atoms with E-state index < -0.39 is 0 Å². The molecular weight excluding hydrogens is 339 g/mol. The molecule has 0 unspecified atom stereocenters. The molecule has 1 heterocycles. The zero-order valence-corrected chi connectivity index (χ0v) is 13.6. The van der Waals surface area contributed by atoms with E-state index in [-0.39, 0.29) is 30.0 Å². The Labute approximate surface area is 148 Å². The maximum atomic E-state index is 12.8. The van der Waals surface area contributed by atoms with E-state index in [1.54, 1.807) is 36.4 Å². The number of halogens is 1. The molecule has 0 fully saturated rings. The molecule has 26 heavy (non-hydrogen) atoms. The summed E-state index contributed by atoms with van der Waals surface area (Å²) < 4.78 is 23.2. The summed E-state index contributed by atoms with van der Waals surface area (Å²) in [5.41, 5.74) is 1.05. The Morgan fingerprint density at radius 2 is 1.58 bits per heavy atom. The average molecular weight is 354 g/mol. The first-order valence-electron chi connectivity index (χ1n) is 7.73. The zero-order chi connectivity index (χ0) is 18.4. The lowest BCUT2D eigenvalue weighted by Crippen LogP contribution is -2.20. The van der Waals surface area contributed by atoms with Crippen LogP contribution >= 0.6 is 0 Å². The second-order valence-corrected chi connectivity index (χ2v) is 5.30. The molecule has 0 radical (unpaired) electrons. The van der Waals surface area contributed by atoms with E-state index in [1.807, 2.05) is 0 Å². The minimum atomic E-state index is -0.376. The van der Waals surface area contributed by atoms with Crippen LogP contribution in [-0.2, 0) is 4.79 Å². The molecule has 0 bridgehead atoms. The van der Waals surface area contributed by atoms with Crippen LogP contribution in [0, 0.1) is 5.82 Å². The minimum Gasteiger partial charge on any atom is -0.484 e. The topological polar surface area (TPSA) is 80.6 Å². The lowest BCUT2D eigenvalue weighted by atomic mass is 10.3. The summed E-state index contributed by atoms with van der Waals surface area (Å²) in [5, 5.41) is 5.27. The van der Waals surface area contributed by atoms with Gasteiger partial charge in [0.15, 0.2) is 12.4 Å². The van der Waals surface area contributed by atoms with Crippen LogP contribution in [0.4, 0.5) is 15.8 Å². The van der Waals surface area contributed by atoms with E-state index in [1.165, 1.54) is 30.5 Å². The Morgan fingerprint density at radius 1 is 0.923 bits per heavy atom. The van der Waals surface area contributed by atoms with Crippen molar-refractivity contribution in [1.82, 2.24) is 0 Å². The third kappa shape index (κ3) is 4.70. The van der Waals surface area contributed by atoms with Gasteiger partial charge in [-0.15, -0.1) is 0 Å². The van der Waals surface area contributed by atoms with Crippen molar-refractivity contribution in [3.63, 3.8) is 0 Å². The van der Waals surface area contributed by atoms with Crippen molar-refractivity contribution in [2.45, 2.75) is 0 Å². The van der Waals surface area contributed by atoms with Crippen molar-refractivity contribution in [3.05, 3.63) is 78.5 Å². The summed E-state index contributed by atoms with van der Waals surface area (Å²) in [6, 6.07) is 15.2. The van der Waals surface area contributed by atoms with E-state index in [4.69, 9.17) is 9.15 Å². The molecule has 6 nitrogen and oxygen atoms in total. The van der Waals surface area contributed by atoms with Crippen LogP contribution in [0.5, 0.6) is 5.75 Å². The fourth-order valence-corrected chi connectivity index (χ4v) is 2.11. The van der Waals surface area contributed by atoms with Gasteiger partial charge in [-0.05, 0) is 60.7 Å². The van der Waals surface area contributed by atoms with Crippen LogP contribution in [0.2, 0.25) is 0 Å². The van der Waals surface area contributed by atoms with E-state index in [0.717, 1.165) is 0 Å². The van der Waals surface area contributed by atoms with Crippen LogP contribution in [-0.4, -0.2) is 18.4 Å². The monoisotopic (exact) mass is 354 g/mol. The van der Waals surface area contributed by atoms with Gasteiger partial charge in [-0.1, -0.05) is 0 Å². The Hall–Kier alpha value is -3.61. The standard InChI is InChI=1S/C19H15FN2O4/c20-13-3-5-14(6-4-13)21-18(23)12-26-16-9-7-15(8-10-16)22-19(24)17-2-1-11-25-17/h1-11H,12H2,(H,21,23)(H,22,24). The van der Waals surface area contributed by atoms with E-state index in [9.17, 15) is 14.0 Å². The third-order valence-electron chi connectivity index (χ3n) is 3.36. The molecule has 2 N–H and O–H groups in total. The summed E-state index contributed by atoms with van der Waals surface area (Å²) in [7, 11) is 0. The molecule has 0 aliphatic carbocycles. The Kier molecular flexibility index (Phi) is 5.28. The minimum absolute atomic E-state index is 0.199. The molecule has 3 aromatic rings. The molecule has 132 valence electrons. The number of carbonyl (C=O) groups excluding carboxylic acids is 2. The van der Waals surface area contributed by atoms with Gasteiger partial charge in [0.25, 0.3) is 11.8 Å². The summed E-state index contributed by atoms with van der Waals surface area (Å²) in [6.07, 6.45) is 1.42. The fourth-order valence-electron chi connectivity index (χ4n) is 2.11. The van der Waals surface area contributed by atoms with Gasteiger partial charge in [-0.2, -0.15) is 0 Å². The number of nitrogens with one attached hydrogen (secondary N) is 2. The van der Waals surface area contributed by atoms with Gasteiger partial charge in [0.2, 0.25) is 0 Å². The Balaban J connectivity index is 1.48. The molecule has 2 aromatic carbocycles. The number of furan rings is 1. The first kappa shape index (κ1) is 17.2. The number of amides is 2. The lowest BCUT2D eigenvalue weighted by Gasteiger charge is -2.08. The summed E-state index contributed by atoms with van der Waals surface area (Å²) in [6.45, 7) is -0.199. The second kappa shape index (κ2) is 7.98. The van der Waals surface area contributed by atoms with Crippen molar-refractivity contribution >= 4 is 23.2 Å². The largest absolute Gasteiger partial charge is 0.484 e. The molecule has 0 aliphatic rings. The van der Waals surface area contributed by atoms with E-state index in [2.05, 4.69) is 10.6 Å². The highest BCUT2D eigenvalue weighted by Gasteiger charge is 2.09. The van der Waals surface area contributed by atoms with Crippen LogP contribution in [0.25, 0.3) is 0 Å². The molecule has 0 atom stereocenters. The normalized spacial score (nSPS) is 10.2. The zero-order valence-electron chi connectivity index (χ0n) is 13.6. The van der Waals surface area contributed by atoms with E-state index >= 15 is 0 Å². The summed E-state index contributed by atoms with van der Waals surface area (Å²) in [5.74, 6) is -0.425. The highest BCUT2D eigenvalue weighted by atomic mass is 19.1. The highest BCUT2D eigenvalue weighted by Crippen LogP contribution is 2.17. The number of anilines is 2. The van der Waals surface area contributed by atoms with Gasteiger partial charge in [0.05, 0.1) is 6.26 Å². The molecule has 0 saturated heterocycles. The van der Waals surface area contributed by atoms with Crippen molar-refractivity contribution < 1.29 is 23.1 Å². The molecular formula is C19H15FN2O4. The molecule has 1 aromatic heterocycles. The first-order valence-corrected chi connectivity index (χ1v) is 7.73. The van der Waals surface area contributed by atoms with Crippen molar-refractivity contribution in [1.29, 1.82) is 0 Å². The molecule has 3 rings (SSSR count). The molecule has 7 heteroatoms. The predicted molar refractivity (Wildman–Crippen MR) is 93.6 cm³/mol. The third-order valence-corrected chi connectivity index (χ3v) is 3.36. The van der Waals surface area contributed by atoms with E-state index in [0.29, 0.717) is 17.1 Å². The van der Waals surface area contributed by atoms with Crippen LogP contribution in [0.3, 0.4) is 0 Å². The van der Waals surface area contributed by atoms with Gasteiger partial charge in [0.1, 0.15) is 11.6 Å². The van der Waals surface area contributed by atoms with Crippen molar-refractivity contribution in [2.24, 2.45) is 0 Å². The van der Waals surface area contributed by atoms with Gasteiger partial charge in [-0.3, -0.25) is 9.59 Å². The van der Waals surface area contributed by atoms with Crippen molar-refractivity contribution in [3.8, 4) is 5.75 Å². The Morgan fingerprint density at radius 3 is 2.23 bits per heavy atom. The number of hydrogen-bond acceptors (Lipinski definition) is 4. The number of ether oxygens (including phenoxy) is 1. The number of rotatable bonds is 6. The van der Waals surface area contributed by atoms with Gasteiger partial charge in [-0.25, -0.2) is 4.39 Å². The average Bonchev–Trinajstić information content (AvgIpc) is 3.18. The van der Waals surface area contributed by atoms with Crippen molar-refractivity contribution in [2.75, 3.05) is 17.2 Å². The van der Waals surface area contributed by atoms with Crippen LogP contribution < -0.4 is 15.4 Å². The second-order valence-electron chi connectivity index (χ2n) is 5.30. The van der Waals surface area contributed by atoms with Gasteiger partial charge in [0, 0.05) is 11.4 Å². The van der Waals surface area contributed by atoms with Crippen LogP contribution in [0.15, 0.2) is 71.3 Å². The predicted octanol–water partition coefficient (Wildman–Crippen LogP) is 3.69. The smallest absolute Gasteiger partial charge is 0.291 e. The highest BCUT2D eigenvalue weighted by molar-refractivity contribution is 6.02. The first-order chi connectivity index (χ1) is 12.6. The summed E-state index contributed by atoms with van der Waals surface area (Å²) in [4.78, 5) is 23.7. The molecule has 2 amide bonds. The molecule has 0 spiro atoms. The maximum absolute atomic E-state index is 12.8. The number of hydrogen-bond donors (Lipinski definition) is 2. The number of carbonyl (C=O) groups is 2. The number of benzene rings is 2. The SMILES string of the molecule is O=C(COc1ccc(NC(=O)c2ccco2)cc1)Nc1ccc(F)cc1. The summed E-state index contributed by atoms with van der Waals surface area (Å²) >= 11 is 0. The Bertz CT molecular complexity index is 875. The quantitative estimate of drug-likeness (QED) is 0.707. The molecule has 0 saturated carbocycles. The van der Waals surface area contributed by atoms with Crippen LogP contribution in [0.1, 0.15) is 10.6 Å². The lowest BCUT2D eigenvalue weighted by molar-refractivity contribution is -0.118. The van der Waals surface area contributed by atoms with Gasteiger partial charge < -0.3 is 19.8 Å². The van der Waals surface area contributed by atoms with Gasteiger partial charge >= 0.3 is 0 Å². The molecule has 0 aliphatic heterocycles. The fraction of sp³-hybridized carbons (Fsp3) is 0.0526. The maximum Gasteiger partial charge on any atom is 0.291 e.